The van der Waals surface area contributed by atoms with Crippen LogP contribution in [0.1, 0.15) is 52.0 Å². The van der Waals surface area contributed by atoms with Gasteiger partial charge in [-0.3, -0.25) is 0 Å². The molecule has 2 atom stereocenters. The topological polar surface area (TPSA) is 12.0 Å². The van der Waals surface area contributed by atoms with Crippen LogP contribution in [-0.2, 0) is 6.42 Å². The Balaban J connectivity index is 2.72. The molecule has 0 aliphatic carbocycles. The second-order valence-corrected chi connectivity index (χ2v) is 6.09. The molecule has 1 aromatic carbocycles. The van der Waals surface area contributed by atoms with Crippen LogP contribution in [-0.4, -0.2) is 12.6 Å². The zero-order valence-electron chi connectivity index (χ0n) is 12.9. The lowest BCUT2D eigenvalue weighted by molar-refractivity contribution is 0.377. The van der Waals surface area contributed by atoms with Crippen molar-refractivity contribution in [3.05, 3.63) is 34.6 Å². The molecule has 20 heavy (non-hydrogen) atoms. The van der Waals surface area contributed by atoms with Crippen LogP contribution < -0.4 is 5.32 Å². The fourth-order valence-electron chi connectivity index (χ4n) is 2.66. The Morgan fingerprint density at radius 3 is 2.60 bits per heavy atom. The molecule has 3 heteroatoms. The average molecular weight is 300 g/mol. The summed E-state index contributed by atoms with van der Waals surface area (Å²) in [6.45, 7) is 7.59. The van der Waals surface area contributed by atoms with Crippen molar-refractivity contribution in [3.63, 3.8) is 0 Å². The van der Waals surface area contributed by atoms with Crippen molar-refractivity contribution < 1.29 is 4.39 Å². The summed E-state index contributed by atoms with van der Waals surface area (Å²) in [5, 5.41) is 4.07. The highest BCUT2D eigenvalue weighted by atomic mass is 35.5. The molecule has 0 spiro atoms. The number of rotatable bonds is 9. The number of nitrogens with one attached hydrogen (secondary N) is 1. The van der Waals surface area contributed by atoms with Crippen molar-refractivity contribution in [2.75, 3.05) is 6.54 Å². The predicted octanol–water partition coefficient (Wildman–Crippen LogP) is 5.22. The van der Waals surface area contributed by atoms with Crippen LogP contribution in [0.4, 0.5) is 4.39 Å². The minimum absolute atomic E-state index is 0.191. The molecule has 1 nitrogen and oxygen atoms in total. The van der Waals surface area contributed by atoms with Gasteiger partial charge in [-0.05, 0) is 43.9 Å². The van der Waals surface area contributed by atoms with E-state index < -0.39 is 0 Å². The Morgan fingerprint density at radius 2 is 2.00 bits per heavy atom. The standard InChI is InChI=1S/C17H27ClFN/c1-4-7-13(3)11-14(20-10-5-2)12-15-16(18)8-6-9-17(15)19/h6,8-9,13-14,20H,4-5,7,10-12H2,1-3H3. The molecule has 0 aliphatic heterocycles. The fourth-order valence-corrected chi connectivity index (χ4v) is 2.90. The first-order valence-corrected chi connectivity index (χ1v) is 8.12. The second kappa shape index (κ2) is 9.36. The average Bonchev–Trinajstić information content (AvgIpc) is 2.40. The summed E-state index contributed by atoms with van der Waals surface area (Å²) in [4.78, 5) is 0. The molecule has 0 aliphatic rings. The molecule has 0 amide bonds. The quantitative estimate of drug-likeness (QED) is 0.659. The van der Waals surface area contributed by atoms with E-state index in [0.29, 0.717) is 29.0 Å². The van der Waals surface area contributed by atoms with Gasteiger partial charge < -0.3 is 5.32 Å². The molecule has 0 radical (unpaired) electrons. The van der Waals surface area contributed by atoms with Gasteiger partial charge in [-0.1, -0.05) is 51.3 Å². The Bertz CT molecular complexity index is 374. The molecular weight excluding hydrogens is 273 g/mol. The minimum atomic E-state index is -0.191. The van der Waals surface area contributed by atoms with Crippen LogP contribution in [0.2, 0.25) is 5.02 Å². The SMILES string of the molecule is CCCNC(Cc1c(F)cccc1Cl)CC(C)CCC. The molecule has 1 rings (SSSR count). The summed E-state index contributed by atoms with van der Waals surface area (Å²) in [5.41, 5.74) is 0.645. The van der Waals surface area contributed by atoms with Crippen molar-refractivity contribution in [2.45, 2.75) is 58.9 Å². The van der Waals surface area contributed by atoms with E-state index in [2.05, 4.69) is 26.1 Å². The van der Waals surface area contributed by atoms with Crippen molar-refractivity contribution in [2.24, 2.45) is 5.92 Å². The van der Waals surface area contributed by atoms with Gasteiger partial charge in [0.25, 0.3) is 0 Å². The summed E-state index contributed by atoms with van der Waals surface area (Å²) in [7, 11) is 0. The molecule has 0 heterocycles. The molecule has 0 aromatic heterocycles. The van der Waals surface area contributed by atoms with Crippen LogP contribution in [0.5, 0.6) is 0 Å². The van der Waals surface area contributed by atoms with Gasteiger partial charge in [0.2, 0.25) is 0 Å². The van der Waals surface area contributed by atoms with E-state index in [1.165, 1.54) is 18.9 Å². The van der Waals surface area contributed by atoms with E-state index in [0.717, 1.165) is 19.4 Å². The van der Waals surface area contributed by atoms with E-state index in [-0.39, 0.29) is 5.82 Å². The molecule has 1 N–H and O–H groups in total. The van der Waals surface area contributed by atoms with Gasteiger partial charge in [-0.25, -0.2) is 4.39 Å². The Morgan fingerprint density at radius 1 is 1.25 bits per heavy atom. The number of benzene rings is 1. The Kier molecular flexibility index (Phi) is 8.16. The van der Waals surface area contributed by atoms with Crippen LogP contribution >= 0.6 is 11.6 Å². The number of hydrogen-bond acceptors (Lipinski definition) is 1. The fraction of sp³-hybridized carbons (Fsp3) is 0.647. The van der Waals surface area contributed by atoms with E-state index in [1.54, 1.807) is 12.1 Å². The van der Waals surface area contributed by atoms with Gasteiger partial charge >= 0.3 is 0 Å². The van der Waals surface area contributed by atoms with Crippen molar-refractivity contribution in [1.29, 1.82) is 0 Å². The van der Waals surface area contributed by atoms with E-state index >= 15 is 0 Å². The zero-order valence-corrected chi connectivity index (χ0v) is 13.6. The molecule has 0 saturated carbocycles. The minimum Gasteiger partial charge on any atom is -0.314 e. The highest BCUT2D eigenvalue weighted by Gasteiger charge is 2.16. The highest BCUT2D eigenvalue weighted by molar-refractivity contribution is 6.31. The van der Waals surface area contributed by atoms with E-state index in [9.17, 15) is 4.39 Å². The summed E-state index contributed by atoms with van der Waals surface area (Å²) in [6.07, 6.45) is 5.24. The monoisotopic (exact) mass is 299 g/mol. The lowest BCUT2D eigenvalue weighted by atomic mass is 9.93. The number of hydrogen-bond donors (Lipinski definition) is 1. The van der Waals surface area contributed by atoms with Gasteiger partial charge in [-0.15, -0.1) is 0 Å². The maximum Gasteiger partial charge on any atom is 0.127 e. The van der Waals surface area contributed by atoms with Crippen LogP contribution in [0.15, 0.2) is 18.2 Å². The summed E-state index contributed by atoms with van der Waals surface area (Å²) in [5.74, 6) is 0.462. The third-order valence-electron chi connectivity index (χ3n) is 3.66. The first-order valence-electron chi connectivity index (χ1n) is 7.74. The Hall–Kier alpha value is -0.600. The predicted molar refractivity (Wildman–Crippen MR) is 85.9 cm³/mol. The third-order valence-corrected chi connectivity index (χ3v) is 4.02. The van der Waals surface area contributed by atoms with Crippen LogP contribution in [0.25, 0.3) is 0 Å². The third kappa shape index (κ3) is 5.80. The second-order valence-electron chi connectivity index (χ2n) is 5.68. The summed E-state index contributed by atoms with van der Waals surface area (Å²) < 4.78 is 13.9. The van der Waals surface area contributed by atoms with Crippen molar-refractivity contribution in [3.8, 4) is 0 Å². The zero-order chi connectivity index (χ0) is 15.0. The largest absolute Gasteiger partial charge is 0.314 e. The van der Waals surface area contributed by atoms with Gasteiger partial charge in [0.15, 0.2) is 0 Å². The first-order chi connectivity index (χ1) is 9.58. The summed E-state index contributed by atoms with van der Waals surface area (Å²) in [6, 6.07) is 5.22. The molecular formula is C17H27ClFN. The molecule has 0 fully saturated rings. The lowest BCUT2D eigenvalue weighted by Gasteiger charge is -2.23. The van der Waals surface area contributed by atoms with E-state index in [1.807, 2.05) is 0 Å². The number of halogens is 2. The Labute approximate surface area is 127 Å². The van der Waals surface area contributed by atoms with Crippen molar-refractivity contribution in [1.82, 2.24) is 5.32 Å². The molecule has 1 aromatic rings. The molecule has 2 unspecified atom stereocenters. The van der Waals surface area contributed by atoms with Crippen LogP contribution in [0.3, 0.4) is 0 Å². The van der Waals surface area contributed by atoms with Gasteiger partial charge in [0.1, 0.15) is 5.82 Å². The van der Waals surface area contributed by atoms with E-state index in [4.69, 9.17) is 11.6 Å². The molecule has 0 bridgehead atoms. The van der Waals surface area contributed by atoms with Gasteiger partial charge in [0.05, 0.1) is 0 Å². The maximum atomic E-state index is 13.9. The maximum absolute atomic E-state index is 13.9. The summed E-state index contributed by atoms with van der Waals surface area (Å²) >= 11 is 6.14. The normalized spacial score (nSPS) is 14.2. The molecule has 114 valence electrons. The lowest BCUT2D eigenvalue weighted by Crippen LogP contribution is -2.33. The van der Waals surface area contributed by atoms with Crippen LogP contribution in [0, 0.1) is 11.7 Å². The smallest absolute Gasteiger partial charge is 0.127 e. The first kappa shape index (κ1) is 17.5. The molecule has 0 saturated heterocycles. The highest BCUT2D eigenvalue weighted by Crippen LogP contribution is 2.23. The van der Waals surface area contributed by atoms with Gasteiger partial charge in [-0.2, -0.15) is 0 Å². The van der Waals surface area contributed by atoms with Crippen molar-refractivity contribution >= 4 is 11.6 Å². The van der Waals surface area contributed by atoms with Gasteiger partial charge in [0, 0.05) is 16.6 Å².